The SMILES string of the molecule is Cn1cc(-c2ccc3cnc(NC(=O)CN4CCN(C(O)(O)O)CC4)cc3c2)cn1. The van der Waals surface area contributed by atoms with Crippen molar-refractivity contribution in [1.82, 2.24) is 24.6 Å². The number of anilines is 1. The molecule has 1 amide bonds. The molecule has 4 N–H and O–H groups in total. The predicted molar refractivity (Wildman–Crippen MR) is 110 cm³/mol. The number of hydrogen-bond acceptors (Lipinski definition) is 8. The molecule has 0 atom stereocenters. The largest absolute Gasteiger partial charge is 0.345 e. The number of nitrogens with zero attached hydrogens (tertiary/aromatic N) is 5. The van der Waals surface area contributed by atoms with Crippen molar-refractivity contribution in [3.63, 3.8) is 0 Å². The number of pyridine rings is 1. The van der Waals surface area contributed by atoms with Crippen LogP contribution in [0.1, 0.15) is 0 Å². The molecule has 0 bridgehead atoms. The molecule has 0 radical (unpaired) electrons. The van der Waals surface area contributed by atoms with E-state index in [1.165, 1.54) is 0 Å². The number of nitrogens with one attached hydrogen (secondary N) is 1. The van der Waals surface area contributed by atoms with Gasteiger partial charge in [-0.15, -0.1) is 0 Å². The van der Waals surface area contributed by atoms with E-state index in [-0.39, 0.29) is 25.5 Å². The number of fused-ring (bicyclic) bond motifs is 1. The zero-order valence-corrected chi connectivity index (χ0v) is 16.6. The lowest BCUT2D eigenvalue weighted by molar-refractivity contribution is -0.396. The van der Waals surface area contributed by atoms with Gasteiger partial charge in [0.05, 0.1) is 12.7 Å². The summed E-state index contributed by atoms with van der Waals surface area (Å²) >= 11 is 0. The predicted octanol–water partition coefficient (Wildman–Crippen LogP) is -0.220. The Balaban J connectivity index is 1.40. The van der Waals surface area contributed by atoms with Gasteiger partial charge in [0.25, 0.3) is 0 Å². The monoisotopic (exact) mass is 412 g/mol. The van der Waals surface area contributed by atoms with E-state index < -0.39 is 6.10 Å². The van der Waals surface area contributed by atoms with Crippen molar-refractivity contribution in [3.05, 3.63) is 42.9 Å². The van der Waals surface area contributed by atoms with Gasteiger partial charge in [-0.25, -0.2) is 9.88 Å². The maximum absolute atomic E-state index is 12.4. The number of aromatic nitrogens is 3. The average Bonchev–Trinajstić information content (AvgIpc) is 3.13. The van der Waals surface area contributed by atoms with Crippen LogP contribution < -0.4 is 5.32 Å². The minimum Gasteiger partial charge on any atom is -0.330 e. The number of piperazine rings is 1. The average molecular weight is 412 g/mol. The summed E-state index contributed by atoms with van der Waals surface area (Å²) in [5.41, 5.74) is 2.04. The molecule has 30 heavy (non-hydrogen) atoms. The molecule has 0 unspecified atom stereocenters. The van der Waals surface area contributed by atoms with Crippen molar-refractivity contribution in [2.24, 2.45) is 7.05 Å². The zero-order valence-electron chi connectivity index (χ0n) is 16.6. The topological polar surface area (TPSA) is 127 Å². The van der Waals surface area contributed by atoms with Crippen molar-refractivity contribution >= 4 is 22.5 Å². The van der Waals surface area contributed by atoms with E-state index in [0.717, 1.165) is 26.8 Å². The minimum absolute atomic E-state index is 0.151. The van der Waals surface area contributed by atoms with Gasteiger partial charge in [-0.05, 0) is 23.1 Å². The zero-order chi connectivity index (χ0) is 21.3. The van der Waals surface area contributed by atoms with Gasteiger partial charge >= 0.3 is 6.10 Å². The first-order valence-corrected chi connectivity index (χ1v) is 9.61. The lowest BCUT2D eigenvalue weighted by atomic mass is 10.1. The second-order valence-electron chi connectivity index (χ2n) is 7.45. The van der Waals surface area contributed by atoms with E-state index >= 15 is 0 Å². The van der Waals surface area contributed by atoms with Crippen LogP contribution in [0.2, 0.25) is 0 Å². The maximum Gasteiger partial charge on any atom is 0.345 e. The van der Waals surface area contributed by atoms with Crippen LogP contribution in [0.3, 0.4) is 0 Å². The first-order chi connectivity index (χ1) is 14.3. The number of carbonyl (C=O) groups is 1. The van der Waals surface area contributed by atoms with Crippen LogP contribution in [0.15, 0.2) is 42.9 Å². The molecule has 1 fully saturated rings. The third-order valence-corrected chi connectivity index (χ3v) is 5.19. The van der Waals surface area contributed by atoms with Gasteiger partial charge in [0.1, 0.15) is 5.82 Å². The summed E-state index contributed by atoms with van der Waals surface area (Å²) in [6.45, 7) is 1.48. The lowest BCUT2D eigenvalue weighted by Crippen LogP contribution is -2.58. The molecule has 1 aliphatic heterocycles. The molecule has 158 valence electrons. The Labute approximate surface area is 173 Å². The summed E-state index contributed by atoms with van der Waals surface area (Å²) in [6, 6.07) is 7.87. The summed E-state index contributed by atoms with van der Waals surface area (Å²) in [4.78, 5) is 19.7. The van der Waals surface area contributed by atoms with E-state index in [2.05, 4.69) is 15.4 Å². The normalized spacial score (nSPS) is 16.1. The van der Waals surface area contributed by atoms with E-state index in [1.807, 2.05) is 42.4 Å². The summed E-state index contributed by atoms with van der Waals surface area (Å²) < 4.78 is 1.75. The molecular formula is C20H24N6O4. The quantitative estimate of drug-likeness (QED) is 0.424. The van der Waals surface area contributed by atoms with Gasteiger partial charge in [-0.3, -0.25) is 14.4 Å². The van der Waals surface area contributed by atoms with Gasteiger partial charge in [-0.2, -0.15) is 5.10 Å². The fourth-order valence-corrected chi connectivity index (χ4v) is 3.55. The van der Waals surface area contributed by atoms with Crippen LogP contribution in [-0.4, -0.2) is 84.6 Å². The van der Waals surface area contributed by atoms with Crippen LogP contribution in [0, 0.1) is 0 Å². The van der Waals surface area contributed by atoms with E-state index in [9.17, 15) is 20.1 Å². The molecule has 3 heterocycles. The highest BCUT2D eigenvalue weighted by Crippen LogP contribution is 2.25. The summed E-state index contributed by atoms with van der Waals surface area (Å²) in [5, 5.41) is 36.6. The van der Waals surface area contributed by atoms with Crippen molar-refractivity contribution in [3.8, 4) is 11.1 Å². The third kappa shape index (κ3) is 4.64. The molecule has 0 spiro atoms. The number of hydrogen-bond donors (Lipinski definition) is 4. The number of benzene rings is 1. The summed E-state index contributed by atoms with van der Waals surface area (Å²) in [7, 11) is 1.87. The summed E-state index contributed by atoms with van der Waals surface area (Å²) in [6.07, 6.45) is 2.65. The Morgan fingerprint density at radius 1 is 1.07 bits per heavy atom. The number of amides is 1. The van der Waals surface area contributed by atoms with Crippen molar-refractivity contribution in [2.45, 2.75) is 6.10 Å². The number of aryl methyl sites for hydroxylation is 1. The molecule has 1 aliphatic rings. The second kappa shape index (κ2) is 8.09. The molecule has 10 nitrogen and oxygen atoms in total. The first-order valence-electron chi connectivity index (χ1n) is 9.61. The van der Waals surface area contributed by atoms with E-state index in [1.54, 1.807) is 17.1 Å². The van der Waals surface area contributed by atoms with Gasteiger partial charge in [0.15, 0.2) is 0 Å². The van der Waals surface area contributed by atoms with Crippen LogP contribution in [-0.2, 0) is 11.8 Å². The molecule has 0 saturated carbocycles. The Bertz CT molecular complexity index is 1050. The highest BCUT2D eigenvalue weighted by molar-refractivity contribution is 5.94. The number of rotatable bonds is 5. The molecule has 2 aromatic heterocycles. The Hall–Kier alpha value is -2.89. The minimum atomic E-state index is -2.82. The standard InChI is InChI=1S/C20H24N6O4/c1-24-12-17(11-22-24)14-2-3-15-10-21-18(9-16(15)8-14)23-19(27)13-25-4-6-26(7-5-25)20(28,29)30/h2-3,8-12,28-30H,4-7,13H2,1H3,(H,21,23,27). The van der Waals surface area contributed by atoms with Gasteiger partial charge in [0, 0.05) is 56.6 Å². The highest BCUT2D eigenvalue weighted by Gasteiger charge is 2.32. The fraction of sp³-hybridized carbons (Fsp3) is 0.350. The van der Waals surface area contributed by atoms with Gasteiger partial charge in [0.2, 0.25) is 5.91 Å². The Kier molecular flexibility index (Phi) is 5.50. The van der Waals surface area contributed by atoms with Crippen LogP contribution in [0.25, 0.3) is 21.9 Å². The summed E-state index contributed by atoms with van der Waals surface area (Å²) in [5.74, 6) is 0.261. The van der Waals surface area contributed by atoms with Crippen LogP contribution in [0.4, 0.5) is 5.82 Å². The Morgan fingerprint density at radius 3 is 2.50 bits per heavy atom. The highest BCUT2D eigenvalue weighted by atomic mass is 16.7. The lowest BCUT2D eigenvalue weighted by Gasteiger charge is -2.37. The molecule has 10 heteroatoms. The second-order valence-corrected chi connectivity index (χ2v) is 7.45. The molecular weight excluding hydrogens is 388 g/mol. The first kappa shape index (κ1) is 20.4. The van der Waals surface area contributed by atoms with Crippen LogP contribution in [0.5, 0.6) is 0 Å². The van der Waals surface area contributed by atoms with Crippen LogP contribution >= 0.6 is 0 Å². The maximum atomic E-state index is 12.4. The van der Waals surface area contributed by atoms with Crippen molar-refractivity contribution in [2.75, 3.05) is 38.0 Å². The fourth-order valence-electron chi connectivity index (χ4n) is 3.55. The van der Waals surface area contributed by atoms with E-state index in [0.29, 0.717) is 18.9 Å². The number of carbonyl (C=O) groups excluding carboxylic acids is 1. The Morgan fingerprint density at radius 2 is 1.83 bits per heavy atom. The third-order valence-electron chi connectivity index (χ3n) is 5.19. The molecule has 1 aromatic carbocycles. The molecule has 1 saturated heterocycles. The smallest absolute Gasteiger partial charge is 0.330 e. The molecule has 0 aliphatic carbocycles. The molecule has 4 rings (SSSR count). The van der Waals surface area contributed by atoms with Gasteiger partial charge < -0.3 is 20.6 Å². The number of aliphatic hydroxyl groups is 3. The van der Waals surface area contributed by atoms with E-state index in [4.69, 9.17) is 0 Å². The van der Waals surface area contributed by atoms with Crippen molar-refractivity contribution < 1.29 is 20.1 Å². The van der Waals surface area contributed by atoms with Crippen molar-refractivity contribution in [1.29, 1.82) is 0 Å². The van der Waals surface area contributed by atoms with Gasteiger partial charge in [-0.1, -0.05) is 12.1 Å². The molecule has 3 aromatic rings.